The predicted octanol–water partition coefficient (Wildman–Crippen LogP) is 4.62. The third kappa shape index (κ3) is 4.39. The summed E-state index contributed by atoms with van der Waals surface area (Å²) in [6.45, 7) is 5.42. The van der Waals surface area contributed by atoms with Gasteiger partial charge in [-0.25, -0.2) is 0 Å². The number of hydrogen-bond acceptors (Lipinski definition) is 3. The summed E-state index contributed by atoms with van der Waals surface area (Å²) >= 11 is 0. The highest BCUT2D eigenvalue weighted by Gasteiger charge is 2.40. The van der Waals surface area contributed by atoms with E-state index in [1.807, 2.05) is 30.3 Å². The van der Waals surface area contributed by atoms with Crippen LogP contribution >= 0.6 is 0 Å². The Balaban J connectivity index is 1.97. The maximum Gasteiger partial charge on any atom is 0.226 e. The highest BCUT2D eigenvalue weighted by molar-refractivity contribution is 5.84. The van der Waals surface area contributed by atoms with Gasteiger partial charge in [-0.15, -0.1) is 0 Å². The minimum absolute atomic E-state index is 0.153. The summed E-state index contributed by atoms with van der Waals surface area (Å²) in [6, 6.07) is 16.6. The molecular weight excluding hydrogens is 350 g/mol. The Kier molecular flexibility index (Phi) is 6.74. The Hall–Kier alpha value is -2.33. The highest BCUT2D eigenvalue weighted by Crippen LogP contribution is 2.39. The van der Waals surface area contributed by atoms with Gasteiger partial charge in [0.2, 0.25) is 5.91 Å². The monoisotopic (exact) mass is 381 g/mol. The first-order valence-electron chi connectivity index (χ1n) is 10.2. The van der Waals surface area contributed by atoms with Crippen LogP contribution in [0.4, 0.5) is 0 Å². The number of methoxy groups -OCH3 is 1. The number of amides is 1. The lowest BCUT2D eigenvalue weighted by Gasteiger charge is -2.37. The van der Waals surface area contributed by atoms with E-state index in [9.17, 15) is 4.79 Å². The summed E-state index contributed by atoms with van der Waals surface area (Å²) in [5.74, 6) is 1.00. The maximum absolute atomic E-state index is 13.3. The molecule has 3 rings (SSSR count). The molecule has 4 nitrogen and oxygen atoms in total. The molecule has 0 radical (unpaired) electrons. The van der Waals surface area contributed by atoms with E-state index in [1.165, 1.54) is 5.56 Å². The average Bonchev–Trinajstić information content (AvgIpc) is 2.74. The van der Waals surface area contributed by atoms with E-state index >= 15 is 0 Å². The Morgan fingerprint density at radius 1 is 1.11 bits per heavy atom. The number of benzene rings is 2. The summed E-state index contributed by atoms with van der Waals surface area (Å²) in [6.07, 6.45) is 3.12. The number of ether oxygens (including phenoxy) is 2. The van der Waals surface area contributed by atoms with Gasteiger partial charge in [0.25, 0.3) is 0 Å². The summed E-state index contributed by atoms with van der Waals surface area (Å²) < 4.78 is 11.2. The van der Waals surface area contributed by atoms with Gasteiger partial charge in [-0.05, 0) is 49.8 Å². The first kappa shape index (κ1) is 20.4. The normalized spacial score (nSPS) is 17.0. The molecule has 0 saturated carbocycles. The molecule has 0 aliphatic carbocycles. The third-order valence-corrected chi connectivity index (χ3v) is 5.86. The largest absolute Gasteiger partial charge is 0.496 e. The summed E-state index contributed by atoms with van der Waals surface area (Å²) in [5.41, 5.74) is 2.93. The summed E-state index contributed by atoms with van der Waals surface area (Å²) in [4.78, 5) is 13.3. The first-order chi connectivity index (χ1) is 13.6. The number of para-hydroxylation sites is 1. The molecule has 1 N–H and O–H groups in total. The molecule has 2 aromatic rings. The Labute approximate surface area is 168 Å². The lowest BCUT2D eigenvalue weighted by atomic mass is 9.73. The number of rotatable bonds is 7. The smallest absolute Gasteiger partial charge is 0.226 e. The molecule has 0 spiro atoms. The van der Waals surface area contributed by atoms with Crippen LogP contribution in [0.5, 0.6) is 5.75 Å². The molecule has 1 unspecified atom stereocenters. The van der Waals surface area contributed by atoms with Crippen LogP contribution in [0.3, 0.4) is 0 Å². The van der Waals surface area contributed by atoms with Gasteiger partial charge in [0, 0.05) is 24.8 Å². The van der Waals surface area contributed by atoms with Crippen molar-refractivity contribution in [2.45, 2.75) is 45.6 Å². The Morgan fingerprint density at radius 3 is 2.43 bits per heavy atom. The minimum Gasteiger partial charge on any atom is -0.496 e. The second kappa shape index (κ2) is 9.24. The summed E-state index contributed by atoms with van der Waals surface area (Å²) in [5, 5.41) is 3.22. The second-order valence-corrected chi connectivity index (χ2v) is 7.71. The van der Waals surface area contributed by atoms with Gasteiger partial charge in [0.15, 0.2) is 0 Å². The molecule has 1 fully saturated rings. The van der Waals surface area contributed by atoms with E-state index in [2.05, 4.69) is 37.4 Å². The van der Waals surface area contributed by atoms with Crippen molar-refractivity contribution in [2.75, 3.05) is 20.3 Å². The van der Waals surface area contributed by atoms with Crippen LogP contribution < -0.4 is 10.1 Å². The van der Waals surface area contributed by atoms with E-state index in [4.69, 9.17) is 9.47 Å². The van der Waals surface area contributed by atoms with Crippen LogP contribution in [0.25, 0.3) is 11.1 Å². The van der Waals surface area contributed by atoms with Gasteiger partial charge in [0.1, 0.15) is 5.75 Å². The van der Waals surface area contributed by atoms with Crippen LogP contribution in [0.1, 0.15) is 38.7 Å². The van der Waals surface area contributed by atoms with E-state index in [0.29, 0.717) is 19.6 Å². The van der Waals surface area contributed by atoms with Crippen LogP contribution in [0.2, 0.25) is 0 Å². The lowest BCUT2D eigenvalue weighted by Crippen LogP contribution is -2.48. The molecule has 1 atom stereocenters. The molecule has 1 aliphatic heterocycles. The van der Waals surface area contributed by atoms with Gasteiger partial charge >= 0.3 is 0 Å². The average molecular weight is 382 g/mol. The zero-order valence-electron chi connectivity index (χ0n) is 17.2. The summed E-state index contributed by atoms with van der Waals surface area (Å²) in [7, 11) is 1.70. The van der Waals surface area contributed by atoms with Crippen molar-refractivity contribution >= 4 is 5.91 Å². The minimum atomic E-state index is -0.431. The number of carbonyl (C=O) groups excluding carboxylic acids is 1. The number of nitrogens with one attached hydrogen (secondary N) is 1. The fourth-order valence-electron chi connectivity index (χ4n) is 3.89. The van der Waals surface area contributed by atoms with Crippen LogP contribution in [-0.2, 0) is 16.0 Å². The van der Waals surface area contributed by atoms with Crippen molar-refractivity contribution < 1.29 is 14.3 Å². The zero-order chi connectivity index (χ0) is 20.0. The first-order valence-corrected chi connectivity index (χ1v) is 10.2. The molecule has 1 aliphatic rings. The van der Waals surface area contributed by atoms with Gasteiger partial charge in [0.05, 0.1) is 12.5 Å². The van der Waals surface area contributed by atoms with Gasteiger partial charge in [-0.2, -0.15) is 0 Å². The van der Waals surface area contributed by atoms with E-state index < -0.39 is 5.41 Å². The van der Waals surface area contributed by atoms with Gasteiger partial charge < -0.3 is 14.8 Å². The predicted molar refractivity (Wildman–Crippen MR) is 113 cm³/mol. The molecule has 4 heteroatoms. The second-order valence-electron chi connectivity index (χ2n) is 7.71. The van der Waals surface area contributed by atoms with Crippen molar-refractivity contribution in [1.29, 1.82) is 0 Å². The maximum atomic E-state index is 13.3. The SMILES string of the molecule is CCC(C)NC(=O)C1(Cc2ccccc2-c2ccccc2OC)CCOCC1. The lowest BCUT2D eigenvalue weighted by molar-refractivity contribution is -0.137. The molecular formula is C24H31NO3. The van der Waals surface area contributed by atoms with Crippen LogP contribution in [0, 0.1) is 5.41 Å². The molecule has 1 heterocycles. The molecule has 150 valence electrons. The van der Waals surface area contributed by atoms with E-state index in [0.717, 1.165) is 36.1 Å². The number of carbonyl (C=O) groups is 1. The van der Waals surface area contributed by atoms with E-state index in [1.54, 1.807) is 7.11 Å². The fourth-order valence-corrected chi connectivity index (χ4v) is 3.89. The van der Waals surface area contributed by atoms with Crippen molar-refractivity contribution in [1.82, 2.24) is 5.32 Å². The zero-order valence-corrected chi connectivity index (χ0v) is 17.2. The Bertz CT molecular complexity index is 796. The van der Waals surface area contributed by atoms with Crippen molar-refractivity contribution in [3.8, 4) is 16.9 Å². The standard InChI is InChI=1S/C24H31NO3/c1-4-18(2)25-23(26)24(13-15-28-16-14-24)17-19-9-5-6-10-20(19)21-11-7-8-12-22(21)27-3/h5-12,18H,4,13-17H2,1-3H3,(H,25,26). The van der Waals surface area contributed by atoms with Gasteiger partial charge in [-0.3, -0.25) is 4.79 Å². The van der Waals surface area contributed by atoms with Crippen LogP contribution in [0.15, 0.2) is 48.5 Å². The molecule has 1 amide bonds. The number of hydrogen-bond donors (Lipinski definition) is 1. The topological polar surface area (TPSA) is 47.6 Å². The molecule has 28 heavy (non-hydrogen) atoms. The van der Waals surface area contributed by atoms with E-state index in [-0.39, 0.29) is 11.9 Å². The highest BCUT2D eigenvalue weighted by atomic mass is 16.5. The molecule has 1 saturated heterocycles. The molecule has 0 aromatic heterocycles. The molecule has 2 aromatic carbocycles. The Morgan fingerprint density at radius 2 is 1.75 bits per heavy atom. The van der Waals surface area contributed by atoms with Gasteiger partial charge in [-0.1, -0.05) is 49.4 Å². The van der Waals surface area contributed by atoms with Crippen LogP contribution in [-0.4, -0.2) is 32.3 Å². The van der Waals surface area contributed by atoms with Crippen molar-refractivity contribution in [3.05, 3.63) is 54.1 Å². The van der Waals surface area contributed by atoms with Crippen molar-refractivity contribution in [2.24, 2.45) is 5.41 Å². The van der Waals surface area contributed by atoms with Crippen molar-refractivity contribution in [3.63, 3.8) is 0 Å². The fraction of sp³-hybridized carbons (Fsp3) is 0.458. The third-order valence-electron chi connectivity index (χ3n) is 5.86. The quantitative estimate of drug-likeness (QED) is 0.761. The molecule has 0 bridgehead atoms.